The number of aromatic nitrogens is 1. The monoisotopic (exact) mass is 280 g/mol. The molecule has 1 aromatic heterocycles. The molecule has 0 saturated carbocycles. The van der Waals surface area contributed by atoms with E-state index in [2.05, 4.69) is 23.1 Å². The van der Waals surface area contributed by atoms with Gasteiger partial charge in [-0.1, -0.05) is 0 Å². The van der Waals surface area contributed by atoms with Crippen LogP contribution in [0.3, 0.4) is 0 Å². The Morgan fingerprint density at radius 3 is 2.68 bits per heavy atom. The second-order valence-electron chi connectivity index (χ2n) is 4.93. The third kappa shape index (κ3) is 3.86. The van der Waals surface area contributed by atoms with Gasteiger partial charge in [-0.3, -0.25) is 5.41 Å². The normalized spacial score (nSPS) is 12.3. The Morgan fingerprint density at radius 1 is 1.53 bits per heavy atom. The van der Waals surface area contributed by atoms with E-state index in [1.165, 1.54) is 0 Å². The fourth-order valence-electron chi connectivity index (χ4n) is 2.10. The Hall–Kier alpha value is -1.23. The number of nitrogens with two attached hydrogens (primary N) is 1. The van der Waals surface area contributed by atoms with Gasteiger partial charge in [-0.05, 0) is 50.8 Å². The van der Waals surface area contributed by atoms with E-state index in [1.54, 1.807) is 0 Å². The average Bonchev–Trinajstić information content (AvgIpc) is 2.33. The molecule has 1 unspecified atom stereocenters. The van der Waals surface area contributed by atoms with Crippen molar-refractivity contribution in [3.63, 3.8) is 0 Å². The summed E-state index contributed by atoms with van der Waals surface area (Å²) < 4.78 is 0. The third-order valence-corrected chi connectivity index (χ3v) is 3.97. The van der Waals surface area contributed by atoms with Crippen molar-refractivity contribution in [3.05, 3.63) is 22.9 Å². The summed E-state index contributed by atoms with van der Waals surface area (Å²) in [6.45, 7) is 6.13. The van der Waals surface area contributed by atoms with Crippen LogP contribution in [0.1, 0.15) is 30.2 Å². The Bertz CT molecular complexity index is 459. The number of nitrogen functional groups attached to an aromatic ring is 1. The van der Waals surface area contributed by atoms with E-state index in [-0.39, 0.29) is 5.84 Å². The Labute approximate surface area is 120 Å². The highest BCUT2D eigenvalue weighted by Gasteiger charge is 2.18. The number of nitrogens with one attached hydrogen (secondary N) is 1. The highest BCUT2D eigenvalue weighted by molar-refractivity contribution is 7.98. The lowest BCUT2D eigenvalue weighted by Crippen LogP contribution is -2.33. The summed E-state index contributed by atoms with van der Waals surface area (Å²) in [7, 11) is 2.03. The fourth-order valence-corrected chi connectivity index (χ4v) is 2.67. The maximum atomic E-state index is 7.77. The van der Waals surface area contributed by atoms with Crippen molar-refractivity contribution < 1.29 is 0 Å². The van der Waals surface area contributed by atoms with Crippen LogP contribution < -0.4 is 10.6 Å². The highest BCUT2D eigenvalue weighted by Crippen LogP contribution is 2.23. The minimum Gasteiger partial charge on any atom is -0.384 e. The van der Waals surface area contributed by atoms with Crippen LogP contribution in [0.15, 0.2) is 6.07 Å². The van der Waals surface area contributed by atoms with Gasteiger partial charge >= 0.3 is 0 Å². The van der Waals surface area contributed by atoms with Crippen LogP contribution in [0.4, 0.5) is 5.82 Å². The standard InChI is InChI=1S/C14H24N4S/c1-9-8-10(2)17-14(12(9)13(15)16)18(4)11(3)6-7-19-5/h8,11H,6-7H2,1-5H3,(H3,15,16). The first-order valence-electron chi connectivity index (χ1n) is 6.42. The summed E-state index contributed by atoms with van der Waals surface area (Å²) >= 11 is 1.85. The Kier molecular flexibility index (Phi) is 5.66. The molecule has 3 N–H and O–H groups in total. The summed E-state index contributed by atoms with van der Waals surface area (Å²) in [6, 6.07) is 2.35. The van der Waals surface area contributed by atoms with Crippen LogP contribution in [0, 0.1) is 19.3 Å². The molecule has 1 rings (SSSR count). The predicted molar refractivity (Wildman–Crippen MR) is 85.6 cm³/mol. The molecule has 1 heterocycles. The van der Waals surface area contributed by atoms with Crippen molar-refractivity contribution >= 4 is 23.4 Å². The van der Waals surface area contributed by atoms with Gasteiger partial charge in [0.2, 0.25) is 0 Å². The molecule has 1 aromatic rings. The summed E-state index contributed by atoms with van der Waals surface area (Å²) in [5, 5.41) is 7.77. The van der Waals surface area contributed by atoms with Gasteiger partial charge in [0.25, 0.3) is 0 Å². The number of hydrogen-bond acceptors (Lipinski definition) is 4. The molecule has 0 aromatic carbocycles. The summed E-state index contributed by atoms with van der Waals surface area (Å²) in [6.07, 6.45) is 3.20. The fraction of sp³-hybridized carbons (Fsp3) is 0.571. The van der Waals surface area contributed by atoms with Gasteiger partial charge in [-0.15, -0.1) is 0 Å². The Balaban J connectivity index is 3.14. The lowest BCUT2D eigenvalue weighted by atomic mass is 10.1. The van der Waals surface area contributed by atoms with E-state index in [4.69, 9.17) is 11.1 Å². The van der Waals surface area contributed by atoms with Crippen molar-refractivity contribution in [2.24, 2.45) is 5.73 Å². The number of amidine groups is 1. The van der Waals surface area contributed by atoms with Gasteiger partial charge in [-0.2, -0.15) is 11.8 Å². The molecule has 0 spiro atoms. The molecule has 0 bridgehead atoms. The Morgan fingerprint density at radius 2 is 2.16 bits per heavy atom. The number of rotatable bonds is 6. The lowest BCUT2D eigenvalue weighted by molar-refractivity contribution is 0.660. The maximum absolute atomic E-state index is 7.77. The van der Waals surface area contributed by atoms with Gasteiger partial charge in [0.1, 0.15) is 11.7 Å². The van der Waals surface area contributed by atoms with Gasteiger partial charge in [0.05, 0.1) is 5.56 Å². The zero-order valence-electron chi connectivity index (χ0n) is 12.4. The lowest BCUT2D eigenvalue weighted by Gasteiger charge is -2.28. The molecule has 0 radical (unpaired) electrons. The molecule has 0 fully saturated rings. The SMILES string of the molecule is CSCCC(C)N(C)c1nc(C)cc(C)c1C(=N)N. The van der Waals surface area contributed by atoms with Gasteiger partial charge in [-0.25, -0.2) is 4.98 Å². The largest absolute Gasteiger partial charge is 0.384 e. The number of nitrogens with zero attached hydrogens (tertiary/aromatic N) is 2. The molecule has 0 amide bonds. The van der Waals surface area contributed by atoms with Crippen LogP contribution in [-0.4, -0.2) is 35.9 Å². The number of anilines is 1. The number of aryl methyl sites for hydroxylation is 2. The first kappa shape index (κ1) is 15.8. The van der Waals surface area contributed by atoms with Crippen molar-refractivity contribution in [1.29, 1.82) is 5.41 Å². The zero-order valence-corrected chi connectivity index (χ0v) is 13.3. The van der Waals surface area contributed by atoms with E-state index in [9.17, 15) is 0 Å². The minimum absolute atomic E-state index is 0.0870. The number of thioether (sulfide) groups is 1. The van der Waals surface area contributed by atoms with Gasteiger partial charge < -0.3 is 10.6 Å². The second-order valence-corrected chi connectivity index (χ2v) is 5.92. The molecule has 4 nitrogen and oxygen atoms in total. The van der Waals surface area contributed by atoms with Crippen LogP contribution in [-0.2, 0) is 0 Å². The van der Waals surface area contributed by atoms with Crippen LogP contribution in [0.5, 0.6) is 0 Å². The molecular formula is C14H24N4S. The van der Waals surface area contributed by atoms with Crippen molar-refractivity contribution in [2.75, 3.05) is 24.0 Å². The highest BCUT2D eigenvalue weighted by atomic mass is 32.2. The van der Waals surface area contributed by atoms with E-state index in [0.717, 1.165) is 34.8 Å². The first-order valence-corrected chi connectivity index (χ1v) is 7.82. The molecule has 1 atom stereocenters. The molecule has 19 heavy (non-hydrogen) atoms. The average molecular weight is 280 g/mol. The topological polar surface area (TPSA) is 66.0 Å². The molecule has 0 aliphatic rings. The minimum atomic E-state index is 0.0870. The van der Waals surface area contributed by atoms with Crippen molar-refractivity contribution in [2.45, 2.75) is 33.2 Å². The summed E-state index contributed by atoms with van der Waals surface area (Å²) in [5.41, 5.74) is 8.44. The zero-order chi connectivity index (χ0) is 14.6. The van der Waals surface area contributed by atoms with E-state index in [1.807, 2.05) is 38.7 Å². The molecule has 106 valence electrons. The molecule has 0 aliphatic carbocycles. The summed E-state index contributed by atoms with van der Waals surface area (Å²) in [5.74, 6) is 2.02. The summed E-state index contributed by atoms with van der Waals surface area (Å²) in [4.78, 5) is 6.71. The number of hydrogen-bond donors (Lipinski definition) is 2. The smallest absolute Gasteiger partial charge is 0.140 e. The maximum Gasteiger partial charge on any atom is 0.140 e. The first-order chi connectivity index (χ1) is 8.88. The number of pyridine rings is 1. The predicted octanol–water partition coefficient (Wildman–Crippen LogP) is 2.56. The molecule has 0 aliphatic heterocycles. The van der Waals surface area contributed by atoms with Crippen molar-refractivity contribution in [3.8, 4) is 0 Å². The van der Waals surface area contributed by atoms with Gasteiger partial charge in [0.15, 0.2) is 0 Å². The van der Waals surface area contributed by atoms with Gasteiger partial charge in [0, 0.05) is 18.8 Å². The molecule has 0 saturated heterocycles. The second kappa shape index (κ2) is 6.80. The third-order valence-electron chi connectivity index (χ3n) is 3.33. The van der Waals surface area contributed by atoms with Crippen LogP contribution in [0.2, 0.25) is 0 Å². The molecular weight excluding hydrogens is 256 g/mol. The van der Waals surface area contributed by atoms with Crippen LogP contribution in [0.25, 0.3) is 0 Å². The van der Waals surface area contributed by atoms with E-state index < -0.39 is 0 Å². The quantitative estimate of drug-likeness (QED) is 0.621. The van der Waals surface area contributed by atoms with E-state index >= 15 is 0 Å². The molecule has 5 heteroatoms. The van der Waals surface area contributed by atoms with Crippen molar-refractivity contribution in [1.82, 2.24) is 4.98 Å². The van der Waals surface area contributed by atoms with E-state index in [0.29, 0.717) is 6.04 Å². The van der Waals surface area contributed by atoms with Crippen LogP contribution >= 0.6 is 11.8 Å².